The molecule has 0 aromatic heterocycles. The third-order valence-corrected chi connectivity index (χ3v) is 5.26. The van der Waals surface area contributed by atoms with Crippen LogP contribution >= 0.6 is 11.6 Å². The van der Waals surface area contributed by atoms with Crippen LogP contribution in [-0.4, -0.2) is 44.5 Å². The van der Waals surface area contributed by atoms with Gasteiger partial charge in [0.1, 0.15) is 0 Å². The van der Waals surface area contributed by atoms with E-state index < -0.39 is 0 Å². The number of quaternary nitrogens is 1. The zero-order valence-electron chi connectivity index (χ0n) is 13.8. The predicted molar refractivity (Wildman–Crippen MR) is 102 cm³/mol. The number of benzene rings is 3. The molecule has 3 aromatic carbocycles. The molecule has 1 aliphatic rings. The van der Waals surface area contributed by atoms with E-state index in [2.05, 4.69) is 48.5 Å². The minimum absolute atomic E-state index is 0.821. The third kappa shape index (κ3) is 2.74. The summed E-state index contributed by atoms with van der Waals surface area (Å²) in [5, 5.41) is 12.2. The van der Waals surface area contributed by atoms with Crippen molar-refractivity contribution < 1.29 is 4.90 Å². The van der Waals surface area contributed by atoms with Gasteiger partial charge in [-0.1, -0.05) is 60.1 Å². The van der Waals surface area contributed by atoms with Crippen molar-refractivity contribution in [2.45, 2.75) is 0 Å². The minimum atomic E-state index is 0.821. The summed E-state index contributed by atoms with van der Waals surface area (Å²) in [6.45, 7) is 4.29. The molecule has 1 aliphatic heterocycles. The first-order valence-electron chi connectivity index (χ1n) is 8.43. The van der Waals surface area contributed by atoms with Gasteiger partial charge in [0.2, 0.25) is 0 Å². The summed E-state index contributed by atoms with van der Waals surface area (Å²) in [7, 11) is 2.24. The molecule has 0 radical (unpaired) electrons. The maximum Gasteiger partial charge on any atom is 0.0964 e. The second kappa shape index (κ2) is 6.42. The van der Waals surface area contributed by atoms with Gasteiger partial charge in [0.15, 0.2) is 0 Å². The number of hydrazone groups is 1. The lowest BCUT2D eigenvalue weighted by atomic mass is 9.97. The smallest absolute Gasteiger partial charge is 0.0964 e. The van der Waals surface area contributed by atoms with Crippen LogP contribution in [0.3, 0.4) is 0 Å². The number of hydrogen-bond donors (Lipinski definition) is 1. The highest BCUT2D eigenvalue weighted by atomic mass is 35.5. The second-order valence-electron chi connectivity index (χ2n) is 6.47. The fraction of sp³-hybridized carbons (Fsp3) is 0.250. The Labute approximate surface area is 147 Å². The van der Waals surface area contributed by atoms with E-state index in [1.54, 1.807) is 4.90 Å². The first-order chi connectivity index (χ1) is 11.7. The van der Waals surface area contributed by atoms with Crippen molar-refractivity contribution in [3.63, 3.8) is 0 Å². The average molecular weight is 339 g/mol. The molecular weight excluding hydrogens is 318 g/mol. The van der Waals surface area contributed by atoms with Crippen molar-refractivity contribution in [3.05, 3.63) is 59.1 Å². The highest BCUT2D eigenvalue weighted by Crippen LogP contribution is 2.35. The molecule has 0 aliphatic carbocycles. The van der Waals surface area contributed by atoms with Gasteiger partial charge < -0.3 is 4.90 Å². The first kappa shape index (κ1) is 15.4. The highest BCUT2D eigenvalue weighted by molar-refractivity contribution is 6.42. The number of halogens is 1. The Balaban J connectivity index is 1.85. The lowest BCUT2D eigenvalue weighted by Gasteiger charge is -2.27. The standard InChI is InChI=1S/C20H20ClN3/c1-23-10-12-24(13-11-23)22-14-19-15-6-2-4-8-17(15)20(21)18-9-5-3-7-16(18)19/h2-9,14H,10-13H2,1H3/p+1/b22-14-. The average Bonchev–Trinajstić information content (AvgIpc) is 2.63. The van der Waals surface area contributed by atoms with Crippen LogP contribution in [0.1, 0.15) is 5.56 Å². The van der Waals surface area contributed by atoms with Crippen LogP contribution in [0.4, 0.5) is 0 Å². The van der Waals surface area contributed by atoms with Crippen LogP contribution in [-0.2, 0) is 0 Å². The van der Waals surface area contributed by atoms with Crippen LogP contribution in [0.25, 0.3) is 21.5 Å². The number of rotatable bonds is 2. The molecule has 3 nitrogen and oxygen atoms in total. The van der Waals surface area contributed by atoms with E-state index in [0.29, 0.717) is 0 Å². The molecule has 1 N–H and O–H groups in total. The Morgan fingerprint density at radius 1 is 0.917 bits per heavy atom. The van der Waals surface area contributed by atoms with Gasteiger partial charge >= 0.3 is 0 Å². The minimum Gasteiger partial charge on any atom is -0.334 e. The van der Waals surface area contributed by atoms with Gasteiger partial charge in [-0.15, -0.1) is 0 Å². The van der Waals surface area contributed by atoms with E-state index >= 15 is 0 Å². The Hall–Kier alpha value is -2.10. The number of piperazine rings is 1. The summed E-state index contributed by atoms with van der Waals surface area (Å²) in [4.78, 5) is 1.57. The van der Waals surface area contributed by atoms with E-state index in [4.69, 9.17) is 16.7 Å². The van der Waals surface area contributed by atoms with Gasteiger partial charge in [-0.3, -0.25) is 5.01 Å². The number of fused-ring (bicyclic) bond motifs is 2. The van der Waals surface area contributed by atoms with E-state index in [-0.39, 0.29) is 0 Å². The molecule has 0 spiro atoms. The molecule has 0 saturated carbocycles. The van der Waals surface area contributed by atoms with Crippen LogP contribution in [0.2, 0.25) is 5.02 Å². The lowest BCUT2D eigenvalue weighted by Crippen LogP contribution is -3.11. The Bertz CT molecular complexity index is 854. The molecule has 1 saturated heterocycles. The van der Waals surface area contributed by atoms with Crippen LogP contribution in [0.15, 0.2) is 53.6 Å². The van der Waals surface area contributed by atoms with E-state index in [9.17, 15) is 0 Å². The summed E-state index contributed by atoms with van der Waals surface area (Å²) in [6.07, 6.45) is 2.02. The Morgan fingerprint density at radius 2 is 1.42 bits per heavy atom. The van der Waals surface area contributed by atoms with E-state index in [0.717, 1.165) is 58.3 Å². The number of hydrogen-bond acceptors (Lipinski definition) is 2. The lowest BCUT2D eigenvalue weighted by molar-refractivity contribution is -0.884. The van der Waals surface area contributed by atoms with Crippen molar-refractivity contribution in [1.29, 1.82) is 0 Å². The topological polar surface area (TPSA) is 20.0 Å². The van der Waals surface area contributed by atoms with Crippen molar-refractivity contribution in [1.82, 2.24) is 5.01 Å². The van der Waals surface area contributed by atoms with Crippen LogP contribution in [0.5, 0.6) is 0 Å². The molecule has 0 bridgehead atoms. The molecule has 24 heavy (non-hydrogen) atoms. The Morgan fingerprint density at radius 3 is 1.96 bits per heavy atom. The maximum atomic E-state index is 6.65. The second-order valence-corrected chi connectivity index (χ2v) is 6.85. The molecule has 0 amide bonds. The largest absolute Gasteiger partial charge is 0.334 e. The SMILES string of the molecule is C[NH+]1CCN(/N=C\c2c3ccccc3c(Cl)c3ccccc23)CC1. The predicted octanol–water partition coefficient (Wildman–Crippen LogP) is 2.81. The molecule has 0 unspecified atom stereocenters. The quantitative estimate of drug-likeness (QED) is 0.562. The monoisotopic (exact) mass is 338 g/mol. The van der Waals surface area contributed by atoms with Gasteiger partial charge in [0, 0.05) is 16.3 Å². The summed E-state index contributed by atoms with van der Waals surface area (Å²) in [5.74, 6) is 0. The van der Waals surface area contributed by atoms with Gasteiger partial charge in [0.05, 0.1) is 44.5 Å². The Kier molecular flexibility index (Phi) is 4.13. The fourth-order valence-electron chi connectivity index (χ4n) is 3.38. The zero-order chi connectivity index (χ0) is 16.5. The molecule has 3 aromatic rings. The van der Waals surface area contributed by atoms with Gasteiger partial charge in [-0.25, -0.2) is 0 Å². The van der Waals surface area contributed by atoms with Gasteiger partial charge in [-0.2, -0.15) is 5.10 Å². The van der Waals surface area contributed by atoms with Crippen molar-refractivity contribution in [2.24, 2.45) is 5.10 Å². The molecule has 0 atom stereocenters. The zero-order valence-corrected chi connectivity index (χ0v) is 14.6. The van der Waals surface area contributed by atoms with Gasteiger partial charge in [0.25, 0.3) is 0 Å². The number of likely N-dealkylation sites (N-methyl/N-ethyl adjacent to an activating group) is 1. The summed E-state index contributed by atoms with van der Waals surface area (Å²) >= 11 is 6.65. The molecule has 4 heteroatoms. The third-order valence-electron chi connectivity index (χ3n) is 4.85. The van der Waals surface area contributed by atoms with Gasteiger partial charge in [-0.05, 0) is 10.8 Å². The molecule has 122 valence electrons. The summed E-state index contributed by atoms with van der Waals surface area (Å²) in [6, 6.07) is 16.6. The van der Waals surface area contributed by atoms with Crippen LogP contribution in [0, 0.1) is 0 Å². The van der Waals surface area contributed by atoms with E-state index in [1.807, 2.05) is 18.3 Å². The van der Waals surface area contributed by atoms with Crippen molar-refractivity contribution in [3.8, 4) is 0 Å². The van der Waals surface area contributed by atoms with E-state index in [1.165, 1.54) is 0 Å². The molecular formula is C20H21ClN3+. The van der Waals surface area contributed by atoms with Crippen molar-refractivity contribution >= 4 is 39.4 Å². The molecule has 1 fully saturated rings. The van der Waals surface area contributed by atoms with Crippen LogP contribution < -0.4 is 4.90 Å². The fourth-order valence-corrected chi connectivity index (χ4v) is 3.71. The molecule has 1 heterocycles. The van der Waals surface area contributed by atoms with Crippen molar-refractivity contribution in [2.75, 3.05) is 33.2 Å². The number of nitrogens with one attached hydrogen (secondary N) is 1. The highest BCUT2D eigenvalue weighted by Gasteiger charge is 2.15. The first-order valence-corrected chi connectivity index (χ1v) is 8.81. The molecule has 4 rings (SSSR count). The number of nitrogens with zero attached hydrogens (tertiary/aromatic N) is 2. The normalized spacial score (nSPS) is 16.5. The maximum absolute atomic E-state index is 6.65. The summed E-state index contributed by atoms with van der Waals surface area (Å²) in [5.41, 5.74) is 1.15. The summed E-state index contributed by atoms with van der Waals surface area (Å²) < 4.78 is 0.